The standard InChI is InChI=1S/C27H17ClIN3O2S/c28-22-12-10-19(29)14-21(22)25(33)32-27(35)30-20-11-13-24-23(15-20)31-26(34-24)18-8-6-17(7-9-18)16-4-2-1-3-5-16/h1-15H,(H2,30,32,33,35). The molecule has 1 heterocycles. The summed E-state index contributed by atoms with van der Waals surface area (Å²) in [5.41, 5.74) is 5.52. The van der Waals surface area contributed by atoms with E-state index in [1.165, 1.54) is 0 Å². The Bertz CT molecular complexity index is 1550. The van der Waals surface area contributed by atoms with Gasteiger partial charge in [-0.2, -0.15) is 0 Å². The summed E-state index contributed by atoms with van der Waals surface area (Å²) in [4.78, 5) is 17.2. The lowest BCUT2D eigenvalue weighted by Crippen LogP contribution is -2.34. The molecule has 0 atom stereocenters. The van der Waals surface area contributed by atoms with Gasteiger partial charge >= 0.3 is 0 Å². The number of carbonyl (C=O) groups excluding carboxylic acids is 1. The van der Waals surface area contributed by atoms with Crippen molar-refractivity contribution in [1.82, 2.24) is 10.3 Å². The predicted octanol–water partition coefficient (Wildman–Crippen LogP) is 7.55. The molecule has 5 aromatic rings. The summed E-state index contributed by atoms with van der Waals surface area (Å²) < 4.78 is 6.85. The topological polar surface area (TPSA) is 67.2 Å². The Morgan fingerprint density at radius 3 is 2.37 bits per heavy atom. The van der Waals surface area contributed by atoms with E-state index in [1.807, 2.05) is 66.7 Å². The Hall–Kier alpha value is -3.27. The first-order valence-electron chi connectivity index (χ1n) is 10.6. The minimum Gasteiger partial charge on any atom is -0.436 e. The van der Waals surface area contributed by atoms with Crippen LogP contribution in [0.5, 0.6) is 0 Å². The largest absolute Gasteiger partial charge is 0.436 e. The number of oxazole rings is 1. The van der Waals surface area contributed by atoms with Gasteiger partial charge in [-0.15, -0.1) is 0 Å². The Balaban J connectivity index is 1.30. The first-order chi connectivity index (χ1) is 17.0. The van der Waals surface area contributed by atoms with E-state index in [2.05, 4.69) is 50.3 Å². The molecular weight excluding hydrogens is 593 g/mol. The fourth-order valence-electron chi connectivity index (χ4n) is 3.57. The second kappa shape index (κ2) is 10.2. The molecule has 0 radical (unpaired) electrons. The number of amides is 1. The summed E-state index contributed by atoms with van der Waals surface area (Å²) >= 11 is 13.6. The molecular formula is C27H17ClIN3O2S. The van der Waals surface area contributed by atoms with Crippen molar-refractivity contribution in [3.63, 3.8) is 0 Å². The summed E-state index contributed by atoms with van der Waals surface area (Å²) in [6.45, 7) is 0. The van der Waals surface area contributed by atoms with E-state index in [1.54, 1.807) is 12.1 Å². The Morgan fingerprint density at radius 1 is 0.886 bits per heavy atom. The average molecular weight is 610 g/mol. The minimum absolute atomic E-state index is 0.157. The number of carbonyl (C=O) groups is 1. The van der Waals surface area contributed by atoms with Gasteiger partial charge in [0, 0.05) is 14.8 Å². The van der Waals surface area contributed by atoms with Crippen LogP contribution in [-0.4, -0.2) is 16.0 Å². The van der Waals surface area contributed by atoms with Crippen LogP contribution < -0.4 is 10.6 Å². The van der Waals surface area contributed by atoms with Crippen molar-refractivity contribution in [3.8, 4) is 22.6 Å². The first kappa shape index (κ1) is 23.5. The van der Waals surface area contributed by atoms with Crippen molar-refractivity contribution in [3.05, 3.63) is 105 Å². The maximum atomic E-state index is 12.6. The van der Waals surface area contributed by atoms with E-state index >= 15 is 0 Å². The normalized spacial score (nSPS) is 10.8. The van der Waals surface area contributed by atoms with Gasteiger partial charge in [0.05, 0.1) is 10.6 Å². The van der Waals surface area contributed by atoms with E-state index in [0.717, 1.165) is 20.3 Å². The lowest BCUT2D eigenvalue weighted by Gasteiger charge is -2.10. The van der Waals surface area contributed by atoms with Crippen LogP contribution in [0.4, 0.5) is 5.69 Å². The number of aromatic nitrogens is 1. The Kier molecular flexibility index (Phi) is 6.81. The molecule has 5 rings (SSSR count). The number of thiocarbonyl (C=S) groups is 1. The highest BCUT2D eigenvalue weighted by Crippen LogP contribution is 2.28. The summed E-state index contributed by atoms with van der Waals surface area (Å²) in [5.74, 6) is 0.149. The third kappa shape index (κ3) is 5.37. The number of nitrogens with zero attached hydrogens (tertiary/aromatic N) is 1. The number of hydrogen-bond acceptors (Lipinski definition) is 4. The van der Waals surface area contributed by atoms with Crippen LogP contribution >= 0.6 is 46.4 Å². The highest BCUT2D eigenvalue weighted by Gasteiger charge is 2.14. The summed E-state index contributed by atoms with van der Waals surface area (Å²) in [7, 11) is 0. The lowest BCUT2D eigenvalue weighted by molar-refractivity contribution is 0.0978. The molecule has 0 aliphatic carbocycles. The Morgan fingerprint density at radius 2 is 1.60 bits per heavy atom. The first-order valence-corrected chi connectivity index (χ1v) is 12.5. The lowest BCUT2D eigenvalue weighted by atomic mass is 10.0. The van der Waals surface area contributed by atoms with Crippen molar-refractivity contribution in [2.24, 2.45) is 0 Å². The quantitative estimate of drug-likeness (QED) is 0.163. The SMILES string of the molecule is O=C(NC(=S)Nc1ccc2oc(-c3ccc(-c4ccccc4)cc3)nc2c1)c1cc(I)ccc1Cl. The van der Waals surface area contributed by atoms with Crippen molar-refractivity contribution in [1.29, 1.82) is 0 Å². The fraction of sp³-hybridized carbons (Fsp3) is 0. The second-order valence-corrected chi connectivity index (χ2v) is 9.74. The molecule has 0 saturated heterocycles. The van der Waals surface area contributed by atoms with Crippen LogP contribution in [0.1, 0.15) is 10.4 Å². The molecule has 0 bridgehead atoms. The predicted molar refractivity (Wildman–Crippen MR) is 153 cm³/mol. The number of fused-ring (bicyclic) bond motifs is 1. The molecule has 5 nitrogen and oxygen atoms in total. The van der Waals surface area contributed by atoms with E-state index in [9.17, 15) is 4.79 Å². The van der Waals surface area contributed by atoms with Crippen molar-refractivity contribution in [2.75, 3.05) is 5.32 Å². The number of benzene rings is 4. The van der Waals surface area contributed by atoms with E-state index in [4.69, 9.17) is 28.2 Å². The molecule has 0 aliphatic heterocycles. The van der Waals surface area contributed by atoms with Gasteiger partial charge in [-0.05, 0) is 94.5 Å². The highest BCUT2D eigenvalue weighted by atomic mass is 127. The van der Waals surface area contributed by atoms with Crippen LogP contribution in [0.15, 0.2) is 95.4 Å². The summed E-state index contributed by atoms with van der Waals surface area (Å²) in [5, 5.41) is 6.19. The van der Waals surface area contributed by atoms with Crippen LogP contribution in [0.25, 0.3) is 33.7 Å². The van der Waals surface area contributed by atoms with Crippen molar-refractivity contribution < 1.29 is 9.21 Å². The van der Waals surface area contributed by atoms with E-state index in [0.29, 0.717) is 33.3 Å². The average Bonchev–Trinajstić information content (AvgIpc) is 3.29. The van der Waals surface area contributed by atoms with Crippen LogP contribution in [0, 0.1) is 3.57 Å². The van der Waals surface area contributed by atoms with Gasteiger partial charge < -0.3 is 9.73 Å². The summed E-state index contributed by atoms with van der Waals surface area (Å²) in [6, 6.07) is 28.9. The van der Waals surface area contributed by atoms with Gasteiger partial charge in [-0.3, -0.25) is 10.1 Å². The number of anilines is 1. The monoisotopic (exact) mass is 609 g/mol. The molecule has 1 amide bonds. The highest BCUT2D eigenvalue weighted by molar-refractivity contribution is 14.1. The Labute approximate surface area is 225 Å². The third-order valence-corrected chi connectivity index (χ3v) is 6.49. The molecule has 0 aliphatic rings. The van der Waals surface area contributed by atoms with E-state index < -0.39 is 0 Å². The van der Waals surface area contributed by atoms with Gasteiger partial charge in [0.15, 0.2) is 10.7 Å². The molecule has 172 valence electrons. The van der Waals surface area contributed by atoms with Gasteiger partial charge in [-0.1, -0.05) is 54.1 Å². The third-order valence-electron chi connectivity index (χ3n) is 5.28. The smallest absolute Gasteiger partial charge is 0.258 e. The van der Waals surface area contributed by atoms with Gasteiger partial charge in [0.25, 0.3) is 5.91 Å². The zero-order valence-electron chi connectivity index (χ0n) is 18.1. The second-order valence-electron chi connectivity index (χ2n) is 7.68. The van der Waals surface area contributed by atoms with Crippen LogP contribution in [-0.2, 0) is 0 Å². The number of hydrogen-bond donors (Lipinski definition) is 2. The van der Waals surface area contributed by atoms with Crippen molar-refractivity contribution >= 4 is 74.2 Å². The molecule has 0 spiro atoms. The van der Waals surface area contributed by atoms with E-state index in [-0.39, 0.29) is 11.0 Å². The maximum Gasteiger partial charge on any atom is 0.258 e. The number of rotatable bonds is 4. The molecule has 35 heavy (non-hydrogen) atoms. The molecule has 0 fully saturated rings. The molecule has 8 heteroatoms. The molecule has 0 unspecified atom stereocenters. The van der Waals surface area contributed by atoms with Gasteiger partial charge in [0.2, 0.25) is 5.89 Å². The zero-order chi connectivity index (χ0) is 24.4. The van der Waals surface area contributed by atoms with Crippen LogP contribution in [0.2, 0.25) is 5.02 Å². The molecule has 4 aromatic carbocycles. The molecule has 1 aromatic heterocycles. The van der Waals surface area contributed by atoms with Gasteiger partial charge in [0.1, 0.15) is 5.52 Å². The fourth-order valence-corrected chi connectivity index (χ4v) is 4.47. The molecule has 2 N–H and O–H groups in total. The summed E-state index contributed by atoms with van der Waals surface area (Å²) in [6.07, 6.45) is 0. The molecule has 0 saturated carbocycles. The zero-order valence-corrected chi connectivity index (χ0v) is 21.8. The van der Waals surface area contributed by atoms with Crippen LogP contribution in [0.3, 0.4) is 0 Å². The number of halogens is 2. The van der Waals surface area contributed by atoms with Gasteiger partial charge in [-0.25, -0.2) is 4.98 Å². The number of nitrogens with one attached hydrogen (secondary N) is 2. The minimum atomic E-state index is -0.380. The maximum absolute atomic E-state index is 12.6. The van der Waals surface area contributed by atoms with Crippen molar-refractivity contribution in [2.45, 2.75) is 0 Å².